The van der Waals surface area contributed by atoms with Gasteiger partial charge in [0.1, 0.15) is 6.33 Å². The molecule has 0 saturated carbocycles. The second-order valence-electron chi connectivity index (χ2n) is 1.81. The zero-order valence-electron chi connectivity index (χ0n) is 5.64. The van der Waals surface area contributed by atoms with Crippen LogP contribution in [0.4, 0.5) is 0 Å². The molecule has 0 radical (unpaired) electrons. The van der Waals surface area contributed by atoms with Crippen LogP contribution in [0.15, 0.2) is 24.7 Å². The number of nitrogens with zero attached hydrogens (tertiary/aromatic N) is 2. The highest BCUT2D eigenvalue weighted by molar-refractivity contribution is 5.84. The van der Waals surface area contributed by atoms with E-state index in [0.29, 0.717) is 5.69 Å². The molecule has 1 N–H and O–H groups in total. The van der Waals surface area contributed by atoms with Crippen LogP contribution < -0.4 is 0 Å². The average molecular weight is 150 g/mol. The van der Waals surface area contributed by atoms with Gasteiger partial charge < -0.3 is 5.11 Å². The maximum atomic E-state index is 10.0. The SMILES string of the molecule is O=C(O)/C=C/c1ccncn1. The Morgan fingerprint density at radius 1 is 1.64 bits per heavy atom. The summed E-state index contributed by atoms with van der Waals surface area (Å²) in [5, 5.41) is 8.24. The standard InChI is InChI=1S/C7H6N2O2/c10-7(11)2-1-6-3-4-8-5-9-6/h1-5H,(H,10,11)/b2-1+. The van der Waals surface area contributed by atoms with Gasteiger partial charge in [0, 0.05) is 12.3 Å². The molecule has 1 heterocycles. The van der Waals surface area contributed by atoms with E-state index in [9.17, 15) is 4.79 Å². The molecule has 4 nitrogen and oxygen atoms in total. The van der Waals surface area contributed by atoms with Crippen LogP contribution in [0.1, 0.15) is 5.69 Å². The first-order chi connectivity index (χ1) is 5.29. The minimum Gasteiger partial charge on any atom is -0.478 e. The van der Waals surface area contributed by atoms with E-state index in [1.807, 2.05) is 0 Å². The quantitative estimate of drug-likeness (QED) is 0.626. The molecule has 0 spiro atoms. The lowest BCUT2D eigenvalue weighted by atomic mass is 10.3. The number of aliphatic carboxylic acids is 1. The fraction of sp³-hybridized carbons (Fsp3) is 0. The van der Waals surface area contributed by atoms with Crippen molar-refractivity contribution in [3.8, 4) is 0 Å². The highest BCUT2D eigenvalue weighted by Gasteiger charge is 1.87. The molecule has 0 aliphatic rings. The van der Waals surface area contributed by atoms with E-state index in [1.165, 1.54) is 12.4 Å². The maximum Gasteiger partial charge on any atom is 0.328 e. The van der Waals surface area contributed by atoms with Crippen LogP contribution in [0.3, 0.4) is 0 Å². The van der Waals surface area contributed by atoms with Gasteiger partial charge in [0.25, 0.3) is 0 Å². The molecule has 1 aromatic rings. The Morgan fingerprint density at radius 2 is 2.45 bits per heavy atom. The maximum absolute atomic E-state index is 10.0. The topological polar surface area (TPSA) is 63.1 Å². The van der Waals surface area contributed by atoms with Gasteiger partial charge in [-0.3, -0.25) is 0 Å². The van der Waals surface area contributed by atoms with Gasteiger partial charge in [0.15, 0.2) is 0 Å². The van der Waals surface area contributed by atoms with Gasteiger partial charge in [-0.1, -0.05) is 0 Å². The first-order valence-electron chi connectivity index (χ1n) is 2.96. The molecular formula is C7H6N2O2. The Morgan fingerprint density at radius 3 is 3.00 bits per heavy atom. The van der Waals surface area contributed by atoms with Gasteiger partial charge in [-0.15, -0.1) is 0 Å². The predicted octanol–water partition coefficient (Wildman–Crippen LogP) is 0.574. The Balaban J connectivity index is 2.72. The summed E-state index contributed by atoms with van der Waals surface area (Å²) in [7, 11) is 0. The van der Waals surface area contributed by atoms with E-state index in [0.717, 1.165) is 6.08 Å². The molecule has 0 atom stereocenters. The second kappa shape index (κ2) is 3.46. The van der Waals surface area contributed by atoms with E-state index in [2.05, 4.69) is 9.97 Å². The fourth-order valence-corrected chi connectivity index (χ4v) is 0.556. The Bertz CT molecular complexity index is 269. The third-order valence-electron chi connectivity index (χ3n) is 1.00. The fourth-order valence-electron chi connectivity index (χ4n) is 0.556. The zero-order valence-corrected chi connectivity index (χ0v) is 5.64. The second-order valence-corrected chi connectivity index (χ2v) is 1.81. The lowest BCUT2D eigenvalue weighted by Crippen LogP contribution is -1.87. The van der Waals surface area contributed by atoms with Crippen molar-refractivity contribution in [1.29, 1.82) is 0 Å². The van der Waals surface area contributed by atoms with Crippen LogP contribution in [-0.4, -0.2) is 21.0 Å². The summed E-state index contributed by atoms with van der Waals surface area (Å²) in [6, 6.07) is 1.62. The monoisotopic (exact) mass is 150 g/mol. The van der Waals surface area contributed by atoms with E-state index in [4.69, 9.17) is 5.11 Å². The number of carboxylic acids is 1. The van der Waals surface area contributed by atoms with Gasteiger partial charge in [0.2, 0.25) is 0 Å². The van der Waals surface area contributed by atoms with E-state index in [-0.39, 0.29) is 0 Å². The summed E-state index contributed by atoms with van der Waals surface area (Å²) >= 11 is 0. The van der Waals surface area contributed by atoms with Gasteiger partial charge in [0.05, 0.1) is 5.69 Å². The summed E-state index contributed by atoms with van der Waals surface area (Å²) in [5.74, 6) is -0.983. The number of hydrogen-bond donors (Lipinski definition) is 1. The Labute approximate surface area is 63.2 Å². The number of aromatic nitrogens is 2. The first kappa shape index (κ1) is 7.40. The van der Waals surface area contributed by atoms with Crippen molar-refractivity contribution in [2.24, 2.45) is 0 Å². The van der Waals surface area contributed by atoms with Gasteiger partial charge >= 0.3 is 5.97 Å². The highest BCUT2D eigenvalue weighted by atomic mass is 16.4. The molecular weight excluding hydrogens is 144 g/mol. The molecule has 0 bridgehead atoms. The van der Waals surface area contributed by atoms with Crippen molar-refractivity contribution in [2.75, 3.05) is 0 Å². The Kier molecular flexibility index (Phi) is 2.32. The van der Waals surface area contributed by atoms with Crippen LogP contribution >= 0.6 is 0 Å². The number of carbonyl (C=O) groups is 1. The molecule has 4 heteroatoms. The molecule has 0 aliphatic heterocycles. The molecule has 0 aromatic carbocycles. The van der Waals surface area contributed by atoms with E-state index < -0.39 is 5.97 Å². The predicted molar refractivity (Wildman–Crippen MR) is 38.7 cm³/mol. The third kappa shape index (κ3) is 2.57. The van der Waals surface area contributed by atoms with Crippen LogP contribution in [0.2, 0.25) is 0 Å². The summed E-state index contributed by atoms with van der Waals surface area (Å²) < 4.78 is 0. The van der Waals surface area contributed by atoms with Crippen molar-refractivity contribution < 1.29 is 9.90 Å². The van der Waals surface area contributed by atoms with E-state index >= 15 is 0 Å². The van der Waals surface area contributed by atoms with Crippen LogP contribution in [0.25, 0.3) is 6.08 Å². The summed E-state index contributed by atoms with van der Waals surface area (Å²) in [6.45, 7) is 0. The normalized spacial score (nSPS) is 10.2. The number of rotatable bonds is 2. The summed E-state index contributed by atoms with van der Waals surface area (Å²) in [4.78, 5) is 17.5. The summed E-state index contributed by atoms with van der Waals surface area (Å²) in [6.07, 6.45) is 5.35. The molecule has 0 unspecified atom stereocenters. The Hall–Kier alpha value is -1.71. The molecule has 56 valence electrons. The van der Waals surface area contributed by atoms with Gasteiger partial charge in [-0.2, -0.15) is 0 Å². The van der Waals surface area contributed by atoms with Crippen molar-refractivity contribution in [3.05, 3.63) is 30.4 Å². The molecule has 11 heavy (non-hydrogen) atoms. The molecule has 0 aliphatic carbocycles. The smallest absolute Gasteiger partial charge is 0.328 e. The minimum absolute atomic E-state index is 0.586. The lowest BCUT2D eigenvalue weighted by Gasteiger charge is -1.86. The molecule has 1 rings (SSSR count). The molecule has 1 aromatic heterocycles. The first-order valence-corrected chi connectivity index (χ1v) is 2.96. The molecule has 0 fully saturated rings. The van der Waals surface area contributed by atoms with Crippen LogP contribution in [-0.2, 0) is 4.79 Å². The zero-order chi connectivity index (χ0) is 8.10. The van der Waals surface area contributed by atoms with Gasteiger partial charge in [-0.25, -0.2) is 14.8 Å². The van der Waals surface area contributed by atoms with Crippen LogP contribution in [0, 0.1) is 0 Å². The number of carboxylic acid groups (broad SMARTS) is 1. The van der Waals surface area contributed by atoms with Crippen LogP contribution in [0.5, 0.6) is 0 Å². The summed E-state index contributed by atoms with van der Waals surface area (Å²) in [5.41, 5.74) is 0.586. The van der Waals surface area contributed by atoms with Gasteiger partial charge in [-0.05, 0) is 12.1 Å². The highest BCUT2D eigenvalue weighted by Crippen LogP contribution is 1.93. The van der Waals surface area contributed by atoms with Crippen molar-refractivity contribution in [1.82, 2.24) is 9.97 Å². The van der Waals surface area contributed by atoms with E-state index in [1.54, 1.807) is 12.3 Å². The number of hydrogen-bond acceptors (Lipinski definition) is 3. The van der Waals surface area contributed by atoms with Crippen molar-refractivity contribution in [2.45, 2.75) is 0 Å². The largest absolute Gasteiger partial charge is 0.478 e. The third-order valence-corrected chi connectivity index (χ3v) is 1.00. The molecule has 0 amide bonds. The minimum atomic E-state index is -0.983. The lowest BCUT2D eigenvalue weighted by molar-refractivity contribution is -0.131. The molecule has 0 saturated heterocycles. The van der Waals surface area contributed by atoms with Crippen molar-refractivity contribution in [3.63, 3.8) is 0 Å². The average Bonchev–Trinajstić information content (AvgIpc) is 2.03. The van der Waals surface area contributed by atoms with Crippen molar-refractivity contribution >= 4 is 12.0 Å².